The van der Waals surface area contributed by atoms with Crippen LogP contribution in [0.5, 0.6) is 0 Å². The lowest BCUT2D eigenvalue weighted by atomic mass is 10.3. The number of halogens is 3. The Labute approximate surface area is 160 Å². The van der Waals surface area contributed by atoms with Crippen LogP contribution in [0.3, 0.4) is 0 Å². The number of para-hydroxylation sites is 2. The summed E-state index contributed by atoms with van der Waals surface area (Å²) in [4.78, 5) is 12.2. The number of benzene rings is 2. The molecule has 0 unspecified atom stereocenters. The number of imidazole rings is 2. The number of aromatic amines is 1. The van der Waals surface area contributed by atoms with Crippen LogP contribution in [0.25, 0.3) is 16.7 Å². The van der Waals surface area contributed by atoms with E-state index in [2.05, 4.69) is 15.0 Å². The van der Waals surface area contributed by atoms with Crippen molar-refractivity contribution >= 4 is 47.6 Å². The van der Waals surface area contributed by atoms with Crippen molar-refractivity contribution in [1.82, 2.24) is 19.5 Å². The van der Waals surface area contributed by atoms with Crippen LogP contribution >= 0.6 is 36.6 Å². The summed E-state index contributed by atoms with van der Waals surface area (Å²) in [6.07, 6.45) is 3.54. The molecule has 0 aliphatic rings. The molecular formula is C17H15Cl2FN4S. The highest BCUT2D eigenvalue weighted by atomic mass is 35.5. The van der Waals surface area contributed by atoms with Gasteiger partial charge in [0, 0.05) is 12.4 Å². The summed E-state index contributed by atoms with van der Waals surface area (Å²) in [7, 11) is 0. The molecule has 0 radical (unpaired) electrons. The molecule has 4 rings (SSSR count). The zero-order valence-electron chi connectivity index (χ0n) is 12.9. The van der Waals surface area contributed by atoms with E-state index in [0.29, 0.717) is 5.75 Å². The average Bonchev–Trinajstić information content (AvgIpc) is 3.19. The Bertz CT molecular complexity index is 937. The van der Waals surface area contributed by atoms with Gasteiger partial charge >= 0.3 is 0 Å². The number of rotatable bonds is 4. The molecule has 0 fully saturated rings. The van der Waals surface area contributed by atoms with Gasteiger partial charge in [-0.3, -0.25) is 4.57 Å². The molecule has 130 valence electrons. The van der Waals surface area contributed by atoms with Crippen molar-refractivity contribution in [3.63, 3.8) is 0 Å². The van der Waals surface area contributed by atoms with Gasteiger partial charge in [0.1, 0.15) is 11.6 Å². The molecule has 4 nitrogen and oxygen atoms in total. The summed E-state index contributed by atoms with van der Waals surface area (Å²) in [5.74, 6) is 1.30. The van der Waals surface area contributed by atoms with Crippen LogP contribution in [0.1, 0.15) is 5.82 Å². The molecule has 2 aromatic carbocycles. The first-order chi connectivity index (χ1) is 11.3. The topological polar surface area (TPSA) is 46.5 Å². The average molecular weight is 397 g/mol. The Morgan fingerprint density at radius 3 is 2.72 bits per heavy atom. The number of aromatic nitrogens is 4. The lowest BCUT2D eigenvalue weighted by Gasteiger charge is -2.06. The number of fused-ring (bicyclic) bond motifs is 1. The van der Waals surface area contributed by atoms with Gasteiger partial charge < -0.3 is 4.98 Å². The first-order valence-corrected chi connectivity index (χ1v) is 8.14. The maximum absolute atomic E-state index is 13.4. The van der Waals surface area contributed by atoms with Crippen molar-refractivity contribution < 1.29 is 4.39 Å². The lowest BCUT2D eigenvalue weighted by Crippen LogP contribution is -1.96. The second-order valence-corrected chi connectivity index (χ2v) is 5.99. The zero-order valence-corrected chi connectivity index (χ0v) is 15.4. The van der Waals surface area contributed by atoms with Gasteiger partial charge in [0.25, 0.3) is 0 Å². The maximum atomic E-state index is 13.4. The van der Waals surface area contributed by atoms with Crippen molar-refractivity contribution in [2.45, 2.75) is 10.9 Å². The third-order valence-electron chi connectivity index (χ3n) is 3.47. The van der Waals surface area contributed by atoms with Crippen LogP contribution in [0, 0.1) is 5.82 Å². The second-order valence-electron chi connectivity index (χ2n) is 5.05. The summed E-state index contributed by atoms with van der Waals surface area (Å²) in [5, 5.41) is 0.802. The van der Waals surface area contributed by atoms with Crippen LogP contribution in [-0.4, -0.2) is 19.5 Å². The molecule has 4 aromatic rings. The number of nitrogens with one attached hydrogen (secondary N) is 1. The smallest absolute Gasteiger partial charge is 0.173 e. The van der Waals surface area contributed by atoms with E-state index in [9.17, 15) is 4.39 Å². The van der Waals surface area contributed by atoms with Crippen LogP contribution in [0.15, 0.2) is 66.1 Å². The van der Waals surface area contributed by atoms with E-state index in [1.807, 2.05) is 41.1 Å². The Hall–Kier alpha value is -2.02. The molecule has 0 atom stereocenters. The van der Waals surface area contributed by atoms with Crippen LogP contribution in [0.2, 0.25) is 0 Å². The molecule has 2 heterocycles. The van der Waals surface area contributed by atoms with Crippen LogP contribution in [0.4, 0.5) is 4.39 Å². The molecule has 0 saturated carbocycles. The predicted molar refractivity (Wildman–Crippen MR) is 104 cm³/mol. The molecule has 0 amide bonds. The third kappa shape index (κ3) is 4.15. The molecule has 0 bridgehead atoms. The molecule has 2 aromatic heterocycles. The predicted octanol–water partition coefficient (Wildman–Crippen LogP) is 5.02. The van der Waals surface area contributed by atoms with E-state index in [4.69, 9.17) is 0 Å². The van der Waals surface area contributed by atoms with E-state index in [1.165, 1.54) is 12.1 Å². The molecule has 0 spiro atoms. The summed E-state index contributed by atoms with van der Waals surface area (Å²) in [5.41, 5.74) is 2.74. The molecule has 0 aliphatic heterocycles. The molecule has 0 aliphatic carbocycles. The van der Waals surface area contributed by atoms with Crippen molar-refractivity contribution in [2.75, 3.05) is 0 Å². The zero-order chi connectivity index (χ0) is 15.6. The van der Waals surface area contributed by atoms with E-state index in [1.54, 1.807) is 24.0 Å². The molecule has 1 N–H and O–H groups in total. The summed E-state index contributed by atoms with van der Waals surface area (Å²) in [6, 6.07) is 14.4. The van der Waals surface area contributed by atoms with Crippen molar-refractivity contribution in [3.05, 3.63) is 72.6 Å². The van der Waals surface area contributed by atoms with Gasteiger partial charge in [-0.25, -0.2) is 14.4 Å². The van der Waals surface area contributed by atoms with Crippen molar-refractivity contribution in [3.8, 4) is 5.69 Å². The normalized spacial score (nSPS) is 10.3. The van der Waals surface area contributed by atoms with Gasteiger partial charge in [0.15, 0.2) is 5.16 Å². The molecule has 8 heteroatoms. The van der Waals surface area contributed by atoms with Crippen molar-refractivity contribution in [2.24, 2.45) is 0 Å². The number of hydrogen-bond donors (Lipinski definition) is 1. The summed E-state index contributed by atoms with van der Waals surface area (Å²) < 4.78 is 15.3. The van der Waals surface area contributed by atoms with Gasteiger partial charge in [-0.1, -0.05) is 30.0 Å². The fourth-order valence-electron chi connectivity index (χ4n) is 2.43. The minimum Gasteiger partial charge on any atom is -0.341 e. The third-order valence-corrected chi connectivity index (χ3v) is 4.45. The Morgan fingerprint density at radius 1 is 1.08 bits per heavy atom. The lowest BCUT2D eigenvalue weighted by molar-refractivity contribution is 0.626. The minimum atomic E-state index is -0.260. The number of thioether (sulfide) groups is 1. The van der Waals surface area contributed by atoms with Gasteiger partial charge in [-0.15, -0.1) is 24.8 Å². The van der Waals surface area contributed by atoms with Crippen molar-refractivity contribution in [1.29, 1.82) is 0 Å². The Kier molecular flexibility index (Phi) is 6.47. The molecule has 25 heavy (non-hydrogen) atoms. The molecule has 0 saturated heterocycles. The standard InChI is InChI=1S/C17H13FN4S.2ClH/c18-12-4-3-5-13(10-12)22-9-8-19-17(22)23-11-16-20-14-6-1-2-7-15(14)21-16;;/h1-10H,11H2,(H,20,21);2*1H. The Morgan fingerprint density at radius 2 is 1.92 bits per heavy atom. The molecular weight excluding hydrogens is 382 g/mol. The Balaban J connectivity index is 0.00000113. The number of H-pyrrole nitrogens is 1. The monoisotopic (exact) mass is 396 g/mol. The maximum Gasteiger partial charge on any atom is 0.173 e. The largest absolute Gasteiger partial charge is 0.341 e. The van der Waals surface area contributed by atoms with Gasteiger partial charge in [0.05, 0.1) is 22.5 Å². The minimum absolute atomic E-state index is 0. The highest BCUT2D eigenvalue weighted by Crippen LogP contribution is 2.24. The van der Waals surface area contributed by atoms with Gasteiger partial charge in [-0.2, -0.15) is 0 Å². The van der Waals surface area contributed by atoms with Crippen LogP contribution in [-0.2, 0) is 5.75 Å². The number of nitrogens with zero attached hydrogens (tertiary/aromatic N) is 3. The fraction of sp³-hybridized carbons (Fsp3) is 0.0588. The van der Waals surface area contributed by atoms with Crippen LogP contribution < -0.4 is 0 Å². The van der Waals surface area contributed by atoms with Gasteiger partial charge in [0.2, 0.25) is 0 Å². The van der Waals surface area contributed by atoms with E-state index < -0.39 is 0 Å². The summed E-state index contributed by atoms with van der Waals surface area (Å²) in [6.45, 7) is 0. The van der Waals surface area contributed by atoms with Gasteiger partial charge in [-0.05, 0) is 30.3 Å². The van der Waals surface area contributed by atoms with E-state index in [-0.39, 0.29) is 30.6 Å². The first kappa shape index (κ1) is 19.3. The highest BCUT2D eigenvalue weighted by Gasteiger charge is 2.09. The van der Waals surface area contributed by atoms with E-state index in [0.717, 1.165) is 27.7 Å². The fourth-order valence-corrected chi connectivity index (χ4v) is 3.27. The first-order valence-electron chi connectivity index (χ1n) is 7.15. The summed E-state index contributed by atoms with van der Waals surface area (Å²) >= 11 is 1.56. The highest BCUT2D eigenvalue weighted by molar-refractivity contribution is 7.98. The quantitative estimate of drug-likeness (QED) is 0.492. The number of hydrogen-bond acceptors (Lipinski definition) is 3. The van der Waals surface area contributed by atoms with E-state index >= 15 is 0 Å². The second kappa shape index (κ2) is 8.38. The SMILES string of the molecule is Cl.Cl.Fc1cccc(-n2ccnc2SCc2nc3ccccc3[nH]2)c1.